The van der Waals surface area contributed by atoms with Crippen molar-refractivity contribution in [3.63, 3.8) is 0 Å². The van der Waals surface area contributed by atoms with E-state index in [9.17, 15) is 10.1 Å². The zero-order valence-corrected chi connectivity index (χ0v) is 11.6. The van der Waals surface area contributed by atoms with Gasteiger partial charge in [0.15, 0.2) is 0 Å². The average molecular weight is 297 g/mol. The molecule has 0 amide bonds. The van der Waals surface area contributed by atoms with E-state index >= 15 is 0 Å². The molecule has 1 aromatic carbocycles. The number of methoxy groups -OCH3 is 1. The van der Waals surface area contributed by atoms with Gasteiger partial charge < -0.3 is 10.1 Å². The molecule has 0 spiro atoms. The maximum Gasteiger partial charge on any atom is 0.305 e. The summed E-state index contributed by atoms with van der Waals surface area (Å²) in [5.41, 5.74) is -0.168. The summed E-state index contributed by atoms with van der Waals surface area (Å²) in [6, 6.07) is 7.44. The number of nitrogens with zero attached hydrogens (tertiary/aromatic N) is 4. The van der Waals surface area contributed by atoms with Crippen molar-refractivity contribution in [3.05, 3.63) is 53.0 Å². The number of nitrogens with one attached hydrogen (secondary N) is 1. The fourth-order valence-electron chi connectivity index (χ4n) is 2.04. The molecule has 0 unspecified atom stereocenters. The van der Waals surface area contributed by atoms with Gasteiger partial charge in [0.05, 0.1) is 12.0 Å². The van der Waals surface area contributed by atoms with Gasteiger partial charge in [-0.15, -0.1) is 0 Å². The predicted molar refractivity (Wildman–Crippen MR) is 80.3 cm³/mol. The molecule has 0 saturated carbocycles. The summed E-state index contributed by atoms with van der Waals surface area (Å²) >= 11 is 0. The van der Waals surface area contributed by atoms with E-state index in [2.05, 4.69) is 20.3 Å². The molecule has 3 aromatic rings. The van der Waals surface area contributed by atoms with Crippen molar-refractivity contribution in [1.82, 2.24) is 15.0 Å². The van der Waals surface area contributed by atoms with Crippen molar-refractivity contribution in [2.24, 2.45) is 0 Å². The third-order valence-corrected chi connectivity index (χ3v) is 3.07. The molecule has 0 radical (unpaired) electrons. The smallest absolute Gasteiger partial charge is 0.305 e. The molecule has 0 aliphatic heterocycles. The molecule has 0 atom stereocenters. The maximum absolute atomic E-state index is 10.6. The van der Waals surface area contributed by atoms with Crippen LogP contribution in [0.25, 0.3) is 10.8 Å². The minimum atomic E-state index is -0.551. The third kappa shape index (κ3) is 2.49. The van der Waals surface area contributed by atoms with Gasteiger partial charge >= 0.3 is 5.69 Å². The van der Waals surface area contributed by atoms with Crippen molar-refractivity contribution in [3.8, 4) is 5.75 Å². The second kappa shape index (κ2) is 5.60. The average Bonchev–Trinajstić information content (AvgIpc) is 2.55. The van der Waals surface area contributed by atoms with Crippen LogP contribution in [-0.2, 0) is 0 Å². The lowest BCUT2D eigenvalue weighted by atomic mass is 10.1. The van der Waals surface area contributed by atoms with Crippen LogP contribution in [0.3, 0.4) is 0 Å². The Bertz CT molecular complexity index is 836. The minimum absolute atomic E-state index is 0.168. The molecule has 0 saturated heterocycles. The largest absolute Gasteiger partial charge is 0.496 e. The van der Waals surface area contributed by atoms with Crippen molar-refractivity contribution < 1.29 is 9.66 Å². The van der Waals surface area contributed by atoms with Crippen molar-refractivity contribution in [1.29, 1.82) is 0 Å². The van der Waals surface area contributed by atoms with Crippen LogP contribution in [0.4, 0.5) is 17.5 Å². The van der Waals surface area contributed by atoms with Crippen LogP contribution in [-0.4, -0.2) is 27.0 Å². The summed E-state index contributed by atoms with van der Waals surface area (Å²) in [6.45, 7) is 0. The molecule has 0 aliphatic rings. The highest BCUT2D eigenvalue weighted by atomic mass is 16.6. The maximum atomic E-state index is 10.6. The first-order valence-corrected chi connectivity index (χ1v) is 6.34. The highest BCUT2D eigenvalue weighted by Gasteiger charge is 2.10. The van der Waals surface area contributed by atoms with Crippen molar-refractivity contribution in [2.45, 2.75) is 0 Å². The van der Waals surface area contributed by atoms with E-state index in [1.165, 1.54) is 0 Å². The molecule has 110 valence electrons. The molecule has 8 nitrogen and oxygen atoms in total. The number of anilines is 2. The summed E-state index contributed by atoms with van der Waals surface area (Å²) < 4.78 is 5.31. The molecule has 2 aromatic heterocycles. The SMILES string of the molecule is COc1cccc2c(Nc3ncc([N+](=O)[O-])cn3)nccc12. The van der Waals surface area contributed by atoms with Crippen LogP contribution in [0.2, 0.25) is 0 Å². The zero-order valence-electron chi connectivity index (χ0n) is 11.6. The number of fused-ring (bicyclic) bond motifs is 1. The summed E-state index contributed by atoms with van der Waals surface area (Å²) in [4.78, 5) is 22.1. The number of ether oxygens (including phenoxy) is 1. The van der Waals surface area contributed by atoms with E-state index < -0.39 is 4.92 Å². The van der Waals surface area contributed by atoms with Gasteiger partial charge in [0.1, 0.15) is 24.0 Å². The second-order valence-corrected chi connectivity index (χ2v) is 4.36. The van der Waals surface area contributed by atoms with Crippen LogP contribution in [0.15, 0.2) is 42.9 Å². The number of hydrogen-bond donors (Lipinski definition) is 1. The van der Waals surface area contributed by atoms with E-state index in [4.69, 9.17) is 4.74 Å². The lowest BCUT2D eigenvalue weighted by Crippen LogP contribution is -2.00. The van der Waals surface area contributed by atoms with Crippen LogP contribution < -0.4 is 10.1 Å². The summed E-state index contributed by atoms with van der Waals surface area (Å²) in [7, 11) is 1.60. The van der Waals surface area contributed by atoms with E-state index in [0.717, 1.165) is 28.9 Å². The number of benzene rings is 1. The Morgan fingerprint density at radius 1 is 1.14 bits per heavy atom. The molecule has 0 aliphatic carbocycles. The number of pyridine rings is 1. The molecule has 1 N–H and O–H groups in total. The number of aromatic nitrogens is 3. The predicted octanol–water partition coefficient (Wildman–Crippen LogP) is 2.69. The van der Waals surface area contributed by atoms with Gasteiger partial charge in [-0.25, -0.2) is 15.0 Å². The van der Waals surface area contributed by atoms with Gasteiger partial charge in [0.25, 0.3) is 0 Å². The quantitative estimate of drug-likeness (QED) is 0.583. The Morgan fingerprint density at radius 2 is 1.91 bits per heavy atom. The first-order valence-electron chi connectivity index (χ1n) is 6.34. The lowest BCUT2D eigenvalue weighted by molar-refractivity contribution is -0.385. The van der Waals surface area contributed by atoms with E-state index in [1.54, 1.807) is 13.3 Å². The Labute approximate surface area is 125 Å². The second-order valence-electron chi connectivity index (χ2n) is 4.36. The molecular formula is C14H11N5O3. The zero-order chi connectivity index (χ0) is 15.5. The van der Waals surface area contributed by atoms with Gasteiger partial charge in [0.2, 0.25) is 5.95 Å². The third-order valence-electron chi connectivity index (χ3n) is 3.07. The minimum Gasteiger partial charge on any atom is -0.496 e. The Kier molecular flexibility index (Phi) is 3.48. The van der Waals surface area contributed by atoms with Gasteiger partial charge in [-0.2, -0.15) is 0 Å². The first kappa shape index (κ1) is 13.7. The highest BCUT2D eigenvalue weighted by Crippen LogP contribution is 2.29. The first-order chi connectivity index (χ1) is 10.7. The summed E-state index contributed by atoms with van der Waals surface area (Å²) in [5.74, 6) is 1.51. The fraction of sp³-hybridized carbons (Fsp3) is 0.0714. The standard InChI is InChI=1S/C14H11N5O3/c1-22-12-4-2-3-11-10(12)5-6-15-13(11)18-14-16-7-9(8-17-14)19(20)21/h2-8H,1H3,(H,15,16,17,18). The van der Waals surface area contributed by atoms with Gasteiger partial charge in [-0.05, 0) is 12.1 Å². The topological polar surface area (TPSA) is 103 Å². The van der Waals surface area contributed by atoms with Crippen molar-refractivity contribution in [2.75, 3.05) is 12.4 Å². The lowest BCUT2D eigenvalue weighted by Gasteiger charge is -2.09. The van der Waals surface area contributed by atoms with E-state index in [0.29, 0.717) is 5.82 Å². The molecule has 2 heterocycles. The van der Waals surface area contributed by atoms with Crippen molar-refractivity contribution >= 4 is 28.2 Å². The number of nitro groups is 1. The van der Waals surface area contributed by atoms with Crippen LogP contribution in [0.5, 0.6) is 5.75 Å². The number of hydrogen-bond acceptors (Lipinski definition) is 7. The van der Waals surface area contributed by atoms with Crippen LogP contribution in [0, 0.1) is 10.1 Å². The van der Waals surface area contributed by atoms with E-state index in [1.807, 2.05) is 24.3 Å². The summed E-state index contributed by atoms with van der Waals surface area (Å²) in [5, 5.41) is 15.3. The molecule has 0 fully saturated rings. The number of rotatable bonds is 4. The van der Waals surface area contributed by atoms with Gasteiger partial charge in [-0.1, -0.05) is 12.1 Å². The monoisotopic (exact) mass is 297 g/mol. The fourth-order valence-corrected chi connectivity index (χ4v) is 2.04. The normalized spacial score (nSPS) is 10.4. The van der Waals surface area contributed by atoms with Crippen LogP contribution >= 0.6 is 0 Å². The Hall–Kier alpha value is -3.29. The molecule has 3 rings (SSSR count). The Morgan fingerprint density at radius 3 is 2.59 bits per heavy atom. The van der Waals surface area contributed by atoms with Gasteiger partial charge in [-0.3, -0.25) is 10.1 Å². The molecule has 0 bridgehead atoms. The van der Waals surface area contributed by atoms with E-state index in [-0.39, 0.29) is 11.6 Å². The molecule has 22 heavy (non-hydrogen) atoms. The van der Waals surface area contributed by atoms with Gasteiger partial charge in [0, 0.05) is 17.0 Å². The molecule has 8 heteroatoms. The molecular weight excluding hydrogens is 286 g/mol. The highest BCUT2D eigenvalue weighted by molar-refractivity contribution is 5.96. The van der Waals surface area contributed by atoms with Crippen LogP contribution in [0.1, 0.15) is 0 Å². The Balaban J connectivity index is 1.98. The summed E-state index contributed by atoms with van der Waals surface area (Å²) in [6.07, 6.45) is 3.92.